The van der Waals surface area contributed by atoms with Crippen LogP contribution in [0, 0.1) is 0 Å². The summed E-state index contributed by atoms with van der Waals surface area (Å²) in [4.78, 5) is 11.1. The number of carbonyl (C=O) groups excluding carboxylic acids is 1. The maximum absolute atomic E-state index is 11.1. The second-order valence-corrected chi connectivity index (χ2v) is 4.93. The molecule has 0 saturated heterocycles. The fourth-order valence-electron chi connectivity index (χ4n) is 1.63. The van der Waals surface area contributed by atoms with E-state index < -0.39 is 0 Å². The molecule has 0 atom stereocenters. The van der Waals surface area contributed by atoms with Gasteiger partial charge in [-0.3, -0.25) is 4.79 Å². The van der Waals surface area contributed by atoms with Crippen LogP contribution in [0.5, 0.6) is 0 Å². The lowest BCUT2D eigenvalue weighted by Crippen LogP contribution is -2.05. The summed E-state index contributed by atoms with van der Waals surface area (Å²) in [5, 5.41) is 0.732. The van der Waals surface area contributed by atoms with Crippen molar-refractivity contribution >= 4 is 21.9 Å². The van der Waals surface area contributed by atoms with Gasteiger partial charge >= 0.3 is 5.97 Å². The van der Waals surface area contributed by atoms with Gasteiger partial charge in [-0.1, -0.05) is 67.8 Å². The van der Waals surface area contributed by atoms with Crippen molar-refractivity contribution < 1.29 is 9.53 Å². The predicted molar refractivity (Wildman–Crippen MR) is 72.0 cm³/mol. The fraction of sp³-hybridized carbons (Fsp3) is 0.923. The van der Waals surface area contributed by atoms with E-state index in [4.69, 9.17) is 4.74 Å². The van der Waals surface area contributed by atoms with Crippen molar-refractivity contribution in [2.45, 2.75) is 64.7 Å². The van der Waals surface area contributed by atoms with Gasteiger partial charge in [0.25, 0.3) is 0 Å². The summed E-state index contributed by atoms with van der Waals surface area (Å²) in [5.74, 6) is -0.0505. The number of ether oxygens (including phenoxy) is 1. The Labute approximate surface area is 108 Å². The summed E-state index contributed by atoms with van der Waals surface area (Å²) < 4.78 is 4.97. The lowest BCUT2D eigenvalue weighted by atomic mass is 10.1. The van der Waals surface area contributed by atoms with Gasteiger partial charge in [0.1, 0.15) is 6.61 Å². The third kappa shape index (κ3) is 12.0. The molecule has 0 spiro atoms. The van der Waals surface area contributed by atoms with Crippen molar-refractivity contribution in [3.63, 3.8) is 0 Å². The second kappa shape index (κ2) is 13.0. The van der Waals surface area contributed by atoms with Gasteiger partial charge in [-0.15, -0.1) is 0 Å². The van der Waals surface area contributed by atoms with E-state index in [1.807, 2.05) is 0 Å². The molecule has 0 rings (SSSR count). The smallest absolute Gasteiger partial charge is 0.305 e. The molecule has 0 aromatic rings. The quantitative estimate of drug-likeness (QED) is 0.319. The van der Waals surface area contributed by atoms with Crippen LogP contribution in [-0.2, 0) is 9.53 Å². The number of carbonyl (C=O) groups is 1. The Bertz CT molecular complexity index is 160. The molecule has 0 heterocycles. The lowest BCUT2D eigenvalue weighted by molar-refractivity contribution is -0.143. The summed E-state index contributed by atoms with van der Waals surface area (Å²) in [5.41, 5.74) is 0. The zero-order valence-corrected chi connectivity index (χ0v) is 12.1. The Morgan fingerprint density at radius 1 is 1.00 bits per heavy atom. The van der Waals surface area contributed by atoms with E-state index in [2.05, 4.69) is 22.9 Å². The molecule has 0 bridgehead atoms. The Kier molecular flexibility index (Phi) is 13.0. The first-order valence-electron chi connectivity index (χ1n) is 6.52. The molecule has 0 amide bonds. The first-order valence-corrected chi connectivity index (χ1v) is 7.65. The van der Waals surface area contributed by atoms with E-state index in [0.29, 0.717) is 13.0 Å². The minimum atomic E-state index is -0.0505. The molecule has 0 N–H and O–H groups in total. The highest BCUT2D eigenvalue weighted by atomic mass is 79.9. The zero-order chi connectivity index (χ0) is 12.1. The minimum absolute atomic E-state index is 0.0505. The van der Waals surface area contributed by atoms with Crippen molar-refractivity contribution in [2.24, 2.45) is 0 Å². The molecule has 0 radical (unpaired) electrons. The van der Waals surface area contributed by atoms with Crippen molar-refractivity contribution in [2.75, 3.05) is 11.9 Å². The van der Waals surface area contributed by atoms with Gasteiger partial charge < -0.3 is 4.74 Å². The van der Waals surface area contributed by atoms with Gasteiger partial charge in [-0.25, -0.2) is 0 Å². The number of rotatable bonds is 11. The molecule has 16 heavy (non-hydrogen) atoms. The normalized spacial score (nSPS) is 10.4. The number of esters is 1. The number of unbranched alkanes of at least 4 members (excludes halogenated alkanes) is 7. The summed E-state index contributed by atoms with van der Waals surface area (Å²) in [7, 11) is 0. The predicted octanol–water partition coefficient (Wildman–Crippen LogP) is 4.46. The molecular formula is C13H25BrO2. The summed E-state index contributed by atoms with van der Waals surface area (Å²) in [6.45, 7) is 2.73. The van der Waals surface area contributed by atoms with Crippen LogP contribution in [0.4, 0.5) is 0 Å². The van der Waals surface area contributed by atoms with E-state index in [0.717, 1.165) is 18.2 Å². The zero-order valence-electron chi connectivity index (χ0n) is 10.5. The second-order valence-electron chi connectivity index (χ2n) is 4.13. The third-order valence-corrected chi connectivity index (χ3v) is 2.90. The minimum Gasteiger partial charge on any atom is -0.465 e. The average Bonchev–Trinajstić information content (AvgIpc) is 2.30. The summed E-state index contributed by atoms with van der Waals surface area (Å²) in [6.07, 6.45) is 10.7. The van der Waals surface area contributed by atoms with E-state index in [1.165, 1.54) is 38.5 Å². The van der Waals surface area contributed by atoms with Crippen LogP contribution in [0.15, 0.2) is 0 Å². The van der Waals surface area contributed by atoms with Crippen LogP contribution < -0.4 is 0 Å². The highest BCUT2D eigenvalue weighted by Crippen LogP contribution is 2.09. The molecule has 0 fully saturated rings. The summed E-state index contributed by atoms with van der Waals surface area (Å²) >= 11 is 3.22. The van der Waals surface area contributed by atoms with Crippen molar-refractivity contribution in [1.29, 1.82) is 0 Å². The highest BCUT2D eigenvalue weighted by Gasteiger charge is 2.01. The molecule has 96 valence electrons. The maximum atomic E-state index is 11.1. The van der Waals surface area contributed by atoms with Gasteiger partial charge in [0.15, 0.2) is 0 Å². The molecule has 0 aromatic heterocycles. The van der Waals surface area contributed by atoms with Crippen LogP contribution >= 0.6 is 15.9 Å². The van der Waals surface area contributed by atoms with Crippen LogP contribution in [0.3, 0.4) is 0 Å². The topological polar surface area (TPSA) is 26.3 Å². The Balaban J connectivity index is 3.05. The Morgan fingerprint density at radius 2 is 1.56 bits per heavy atom. The molecule has 0 saturated carbocycles. The van der Waals surface area contributed by atoms with Crippen LogP contribution in [0.1, 0.15) is 64.7 Å². The third-order valence-electron chi connectivity index (χ3n) is 2.57. The van der Waals surface area contributed by atoms with E-state index in [9.17, 15) is 4.79 Å². The first kappa shape index (κ1) is 16.0. The first-order chi connectivity index (χ1) is 7.81. The van der Waals surface area contributed by atoms with E-state index in [-0.39, 0.29) is 5.97 Å². The van der Waals surface area contributed by atoms with Crippen molar-refractivity contribution in [3.8, 4) is 0 Å². The molecule has 2 nitrogen and oxygen atoms in total. The van der Waals surface area contributed by atoms with Gasteiger partial charge in [-0.2, -0.15) is 0 Å². The van der Waals surface area contributed by atoms with Gasteiger partial charge in [0, 0.05) is 11.8 Å². The number of hydrogen-bond acceptors (Lipinski definition) is 2. The van der Waals surface area contributed by atoms with Crippen LogP contribution in [0.2, 0.25) is 0 Å². The SMILES string of the molecule is CCCCCCCCCCC(=O)OCCBr. The standard InChI is InChI=1S/C13H25BrO2/c1-2-3-4-5-6-7-8-9-10-13(15)16-12-11-14/h2-12H2,1H3. The molecule has 3 heteroatoms. The summed E-state index contributed by atoms with van der Waals surface area (Å²) in [6, 6.07) is 0. The van der Waals surface area contributed by atoms with Crippen LogP contribution in [0.25, 0.3) is 0 Å². The van der Waals surface area contributed by atoms with Gasteiger partial charge in [-0.05, 0) is 6.42 Å². The molecule has 0 aliphatic heterocycles. The van der Waals surface area contributed by atoms with E-state index >= 15 is 0 Å². The van der Waals surface area contributed by atoms with E-state index in [1.54, 1.807) is 0 Å². The molecule has 0 aromatic carbocycles. The Hall–Kier alpha value is -0.0500. The van der Waals surface area contributed by atoms with Gasteiger partial charge in [0.2, 0.25) is 0 Å². The largest absolute Gasteiger partial charge is 0.465 e. The fourth-order valence-corrected chi connectivity index (χ4v) is 1.79. The van der Waals surface area contributed by atoms with Crippen molar-refractivity contribution in [1.82, 2.24) is 0 Å². The van der Waals surface area contributed by atoms with Gasteiger partial charge in [0.05, 0.1) is 0 Å². The monoisotopic (exact) mass is 292 g/mol. The number of halogens is 1. The van der Waals surface area contributed by atoms with Crippen molar-refractivity contribution in [3.05, 3.63) is 0 Å². The van der Waals surface area contributed by atoms with Crippen LogP contribution in [-0.4, -0.2) is 17.9 Å². The molecule has 0 unspecified atom stereocenters. The maximum Gasteiger partial charge on any atom is 0.305 e. The lowest BCUT2D eigenvalue weighted by Gasteiger charge is -2.03. The molecule has 0 aliphatic rings. The highest BCUT2D eigenvalue weighted by molar-refractivity contribution is 9.09. The molecule has 0 aliphatic carbocycles. The average molecular weight is 293 g/mol. The Morgan fingerprint density at radius 3 is 2.12 bits per heavy atom. The molecular weight excluding hydrogens is 268 g/mol. The number of alkyl halides is 1. The number of hydrogen-bond donors (Lipinski definition) is 0.